The highest BCUT2D eigenvalue weighted by Crippen LogP contribution is 2.65. The predicted molar refractivity (Wildman–Crippen MR) is 156 cm³/mol. The van der Waals surface area contributed by atoms with Gasteiger partial charge in [-0.25, -0.2) is 0 Å². The normalized spacial score (nSPS) is 39.5. The molecule has 5 heteroatoms. The van der Waals surface area contributed by atoms with E-state index in [-0.39, 0.29) is 16.9 Å². The summed E-state index contributed by atoms with van der Waals surface area (Å²) < 4.78 is 11.9. The molecule has 0 bridgehead atoms. The van der Waals surface area contributed by atoms with Gasteiger partial charge in [0, 0.05) is 12.0 Å². The number of aliphatic hydroxyl groups excluding tert-OH is 2. The van der Waals surface area contributed by atoms with Gasteiger partial charge in [0.2, 0.25) is 0 Å². The molecule has 5 aliphatic rings. The Balaban J connectivity index is 1.17. The summed E-state index contributed by atoms with van der Waals surface area (Å²) >= 11 is 0. The molecule has 6 rings (SSSR count). The van der Waals surface area contributed by atoms with Crippen molar-refractivity contribution in [2.45, 2.75) is 90.3 Å². The Morgan fingerprint density at radius 3 is 2.62 bits per heavy atom. The third kappa shape index (κ3) is 4.97. The number of piperidine rings is 1. The van der Waals surface area contributed by atoms with Crippen LogP contribution in [0.25, 0.3) is 6.08 Å². The standard InChI is InChI=1S/C34H49NO4/c1-33-13-11-26(36)22-25(33)8-9-27-28(33)12-14-34(2)29(27)21-24(32(34)37)19-23-7-10-30(31(20-23)38-3)39-18-17-35-15-5-4-6-16-35/h7-8,10,19-20,26-29,32,36-37H,4-6,9,11-18,21-22H2,1-3H3/b24-19+/t26-,27+,28-,29-,32-,33-,34-/m0/s1. The van der Waals surface area contributed by atoms with Crippen molar-refractivity contribution >= 4 is 6.08 Å². The Morgan fingerprint density at radius 2 is 1.82 bits per heavy atom. The highest BCUT2D eigenvalue weighted by molar-refractivity contribution is 5.60. The molecule has 1 aromatic rings. The summed E-state index contributed by atoms with van der Waals surface area (Å²) in [5.41, 5.74) is 3.90. The first kappa shape index (κ1) is 27.4. The van der Waals surface area contributed by atoms with E-state index in [4.69, 9.17) is 9.47 Å². The molecule has 1 aromatic carbocycles. The fourth-order valence-electron chi connectivity index (χ4n) is 9.22. The van der Waals surface area contributed by atoms with E-state index in [0.29, 0.717) is 24.4 Å². The maximum Gasteiger partial charge on any atom is 0.161 e. The minimum absolute atomic E-state index is 0.0650. The summed E-state index contributed by atoms with van der Waals surface area (Å²) in [4.78, 5) is 2.49. The minimum Gasteiger partial charge on any atom is -0.493 e. The monoisotopic (exact) mass is 535 g/mol. The molecular formula is C34H49NO4. The van der Waals surface area contributed by atoms with Crippen LogP contribution in [0.3, 0.4) is 0 Å². The lowest BCUT2D eigenvalue weighted by Gasteiger charge is -2.57. The molecule has 1 saturated heterocycles. The molecule has 0 amide bonds. The van der Waals surface area contributed by atoms with E-state index in [2.05, 4.69) is 43.0 Å². The lowest BCUT2D eigenvalue weighted by molar-refractivity contribution is -0.0685. The molecular weight excluding hydrogens is 486 g/mol. The molecule has 39 heavy (non-hydrogen) atoms. The van der Waals surface area contributed by atoms with Gasteiger partial charge in [0.25, 0.3) is 0 Å². The first-order valence-electron chi connectivity index (χ1n) is 15.6. The largest absolute Gasteiger partial charge is 0.493 e. The van der Waals surface area contributed by atoms with E-state index in [0.717, 1.165) is 62.1 Å². The summed E-state index contributed by atoms with van der Waals surface area (Å²) in [6.07, 6.45) is 15.3. The van der Waals surface area contributed by atoms with Crippen LogP contribution in [0.5, 0.6) is 11.5 Å². The molecule has 4 aliphatic carbocycles. The van der Waals surface area contributed by atoms with Gasteiger partial charge in [-0.1, -0.05) is 44.1 Å². The summed E-state index contributed by atoms with van der Waals surface area (Å²) in [6.45, 7) is 8.79. The zero-order valence-electron chi connectivity index (χ0n) is 24.3. The van der Waals surface area contributed by atoms with E-state index < -0.39 is 6.10 Å². The molecule has 3 saturated carbocycles. The summed E-state index contributed by atoms with van der Waals surface area (Å²) in [5.74, 6) is 3.33. The quantitative estimate of drug-likeness (QED) is 0.423. The topological polar surface area (TPSA) is 62.2 Å². The molecule has 1 heterocycles. The first-order chi connectivity index (χ1) is 18.8. The number of methoxy groups -OCH3 is 1. The summed E-state index contributed by atoms with van der Waals surface area (Å²) in [6, 6.07) is 6.20. The molecule has 0 radical (unpaired) electrons. The number of aliphatic hydroxyl groups is 2. The Hall–Kier alpha value is -1.82. The number of fused-ring (bicyclic) bond motifs is 5. The second-order valence-corrected chi connectivity index (χ2v) is 13.7. The Kier molecular flexibility index (Phi) is 7.62. The smallest absolute Gasteiger partial charge is 0.161 e. The Morgan fingerprint density at radius 1 is 1.00 bits per heavy atom. The number of ether oxygens (including phenoxy) is 2. The van der Waals surface area contributed by atoms with Gasteiger partial charge in [0.15, 0.2) is 11.5 Å². The van der Waals surface area contributed by atoms with Crippen molar-refractivity contribution in [2.24, 2.45) is 28.6 Å². The van der Waals surface area contributed by atoms with Crippen LogP contribution in [0.4, 0.5) is 0 Å². The highest BCUT2D eigenvalue weighted by Gasteiger charge is 2.59. The SMILES string of the molecule is COc1cc(/C=C2\C[C@H]3[C@@H]4CC=C5C[C@@H](O)CC[C@]5(C)[C@H]4CC[C@]3(C)[C@H]2O)ccc1OCCN1CCCCC1. The number of allylic oxidation sites excluding steroid dienone is 1. The average molecular weight is 536 g/mol. The van der Waals surface area contributed by atoms with Crippen LogP contribution in [0.1, 0.15) is 83.6 Å². The molecule has 0 unspecified atom stereocenters. The number of benzene rings is 1. The maximum absolute atomic E-state index is 11.7. The first-order valence-corrected chi connectivity index (χ1v) is 15.6. The fraction of sp³-hybridized carbons (Fsp3) is 0.706. The predicted octanol–water partition coefficient (Wildman–Crippen LogP) is 6.24. The molecule has 1 aliphatic heterocycles. The highest BCUT2D eigenvalue weighted by atomic mass is 16.5. The molecule has 0 spiro atoms. The fourth-order valence-corrected chi connectivity index (χ4v) is 9.22. The lowest BCUT2D eigenvalue weighted by Crippen LogP contribution is -2.51. The van der Waals surface area contributed by atoms with Gasteiger partial charge in [-0.3, -0.25) is 4.90 Å². The molecule has 4 fully saturated rings. The van der Waals surface area contributed by atoms with E-state index in [1.165, 1.54) is 49.9 Å². The van der Waals surface area contributed by atoms with Crippen molar-refractivity contribution in [3.63, 3.8) is 0 Å². The third-order valence-electron chi connectivity index (χ3n) is 11.6. The number of rotatable bonds is 6. The summed E-state index contributed by atoms with van der Waals surface area (Å²) in [7, 11) is 1.71. The maximum atomic E-state index is 11.7. The van der Waals surface area contributed by atoms with Crippen molar-refractivity contribution in [3.05, 3.63) is 41.0 Å². The van der Waals surface area contributed by atoms with Gasteiger partial charge < -0.3 is 19.7 Å². The number of hydrogen-bond acceptors (Lipinski definition) is 5. The molecule has 214 valence electrons. The number of nitrogens with zero attached hydrogens (tertiary/aromatic N) is 1. The number of hydrogen-bond donors (Lipinski definition) is 2. The zero-order chi connectivity index (χ0) is 27.2. The van der Waals surface area contributed by atoms with E-state index in [1.807, 2.05) is 6.07 Å². The minimum atomic E-state index is -0.402. The van der Waals surface area contributed by atoms with E-state index in [1.54, 1.807) is 7.11 Å². The second kappa shape index (κ2) is 10.9. The second-order valence-electron chi connectivity index (χ2n) is 13.7. The van der Waals surface area contributed by atoms with Crippen LogP contribution in [0, 0.1) is 28.6 Å². The van der Waals surface area contributed by atoms with Crippen molar-refractivity contribution in [1.29, 1.82) is 0 Å². The third-order valence-corrected chi connectivity index (χ3v) is 11.6. The molecule has 7 atom stereocenters. The van der Waals surface area contributed by atoms with Crippen LogP contribution in [-0.4, -0.2) is 60.7 Å². The van der Waals surface area contributed by atoms with Crippen molar-refractivity contribution < 1.29 is 19.7 Å². The number of likely N-dealkylation sites (tertiary alicyclic amines) is 1. The van der Waals surface area contributed by atoms with Crippen LogP contribution >= 0.6 is 0 Å². The van der Waals surface area contributed by atoms with Crippen LogP contribution in [0.15, 0.2) is 35.4 Å². The lowest BCUT2D eigenvalue weighted by atomic mass is 9.48. The van der Waals surface area contributed by atoms with Crippen LogP contribution in [0.2, 0.25) is 0 Å². The zero-order valence-corrected chi connectivity index (χ0v) is 24.3. The van der Waals surface area contributed by atoms with Gasteiger partial charge in [-0.2, -0.15) is 0 Å². The van der Waals surface area contributed by atoms with Crippen molar-refractivity contribution in [2.75, 3.05) is 33.4 Å². The Bertz CT molecular complexity index is 1110. The Labute approximate surface area is 235 Å². The van der Waals surface area contributed by atoms with E-state index >= 15 is 0 Å². The van der Waals surface area contributed by atoms with Crippen molar-refractivity contribution in [1.82, 2.24) is 4.90 Å². The molecule has 0 aromatic heterocycles. The van der Waals surface area contributed by atoms with E-state index in [9.17, 15) is 10.2 Å². The van der Waals surface area contributed by atoms with Crippen molar-refractivity contribution in [3.8, 4) is 11.5 Å². The van der Waals surface area contributed by atoms with Gasteiger partial charge >= 0.3 is 0 Å². The average Bonchev–Trinajstić information content (AvgIpc) is 3.20. The summed E-state index contributed by atoms with van der Waals surface area (Å²) in [5, 5.41) is 22.0. The van der Waals surface area contributed by atoms with Gasteiger partial charge in [0.1, 0.15) is 6.61 Å². The van der Waals surface area contributed by atoms with Crippen LogP contribution in [-0.2, 0) is 0 Å². The van der Waals surface area contributed by atoms with Gasteiger partial charge in [-0.05, 0) is 117 Å². The molecule has 5 nitrogen and oxygen atoms in total. The van der Waals surface area contributed by atoms with Gasteiger partial charge in [-0.15, -0.1) is 0 Å². The van der Waals surface area contributed by atoms with Crippen LogP contribution < -0.4 is 9.47 Å². The molecule has 2 N–H and O–H groups in total. The van der Waals surface area contributed by atoms with Gasteiger partial charge in [0.05, 0.1) is 19.3 Å².